The van der Waals surface area contributed by atoms with Crippen LogP contribution in [0.3, 0.4) is 0 Å². The van der Waals surface area contributed by atoms with Gasteiger partial charge in [-0.1, -0.05) is 23.2 Å². The molecule has 1 aromatic carbocycles. The number of aliphatic hydroxyl groups is 2. The van der Waals surface area contributed by atoms with E-state index in [0.29, 0.717) is 23.6 Å². The normalized spacial score (nSPS) is 24.4. The number of hydrogen-bond acceptors (Lipinski definition) is 6. The molecule has 1 aliphatic heterocycles. The summed E-state index contributed by atoms with van der Waals surface area (Å²) in [6, 6.07) is 2.58. The Balaban J connectivity index is 0.000000423. The fourth-order valence-electron chi connectivity index (χ4n) is 4.02. The molecule has 8 nitrogen and oxygen atoms in total. The molecule has 1 aromatic rings. The van der Waals surface area contributed by atoms with Crippen LogP contribution < -0.4 is 5.73 Å². The molecule has 6 N–H and O–H groups in total. The number of nitrogens with zero attached hydrogens (tertiary/aromatic N) is 1. The third kappa shape index (κ3) is 5.72. The molecule has 1 aliphatic carbocycles. The summed E-state index contributed by atoms with van der Waals surface area (Å²) >= 11 is 11.9. The van der Waals surface area contributed by atoms with E-state index in [1.54, 1.807) is 11.0 Å². The van der Waals surface area contributed by atoms with Crippen LogP contribution in [0.4, 0.5) is 13.2 Å². The van der Waals surface area contributed by atoms with Crippen molar-refractivity contribution in [2.75, 3.05) is 13.2 Å². The maximum atomic E-state index is 12.1. The number of aromatic hydroxyl groups is 1. The standard InChI is InChI=1S/C16H20Cl2N2O4.C2HF3O2/c17-11-3-10(13(22)4-12(11)18)15(19)9-2-8-1-7(9)5-20(8)16(24)14(23)6-21;3-2(4,5)1(6)7/h3-4,7-9,14-15,21-23H,1-2,5-6,19H2;(H,6,7). The van der Waals surface area contributed by atoms with E-state index in [1.165, 1.54) is 6.07 Å². The maximum Gasteiger partial charge on any atom is 0.490 e. The average molecular weight is 489 g/mol. The smallest absolute Gasteiger partial charge is 0.490 e. The van der Waals surface area contributed by atoms with E-state index in [2.05, 4.69) is 0 Å². The summed E-state index contributed by atoms with van der Waals surface area (Å²) in [6.07, 6.45) is -4.95. The van der Waals surface area contributed by atoms with Crippen LogP contribution >= 0.6 is 23.2 Å². The van der Waals surface area contributed by atoms with Crippen molar-refractivity contribution < 1.29 is 43.2 Å². The van der Waals surface area contributed by atoms with E-state index < -0.39 is 36.8 Å². The van der Waals surface area contributed by atoms with Gasteiger partial charge in [0.1, 0.15) is 5.75 Å². The number of benzene rings is 1. The third-order valence-corrected chi connectivity index (χ3v) is 6.19. The first-order chi connectivity index (χ1) is 14.3. The molecular formula is C18H21Cl2F3N2O6. The third-order valence-electron chi connectivity index (χ3n) is 5.47. The van der Waals surface area contributed by atoms with Gasteiger partial charge in [0.05, 0.1) is 16.7 Å². The van der Waals surface area contributed by atoms with E-state index in [0.717, 1.165) is 6.42 Å². The van der Waals surface area contributed by atoms with E-state index in [1.807, 2.05) is 0 Å². The monoisotopic (exact) mass is 488 g/mol. The highest BCUT2D eigenvalue weighted by Gasteiger charge is 2.49. The lowest BCUT2D eigenvalue weighted by Gasteiger charge is -2.35. The molecule has 5 atom stereocenters. The Morgan fingerprint density at radius 1 is 1.23 bits per heavy atom. The Bertz CT molecular complexity index is 841. The number of carboxylic acid groups (broad SMARTS) is 1. The Kier molecular flexibility index (Phi) is 8.04. The van der Waals surface area contributed by atoms with Crippen molar-refractivity contribution in [1.82, 2.24) is 4.90 Å². The lowest BCUT2D eigenvalue weighted by molar-refractivity contribution is -0.192. The van der Waals surface area contributed by atoms with Crippen LogP contribution in [0.5, 0.6) is 5.75 Å². The van der Waals surface area contributed by atoms with Crippen molar-refractivity contribution in [1.29, 1.82) is 0 Å². The number of nitrogens with two attached hydrogens (primary N) is 1. The van der Waals surface area contributed by atoms with Crippen LogP contribution in [0.1, 0.15) is 24.4 Å². The van der Waals surface area contributed by atoms with Crippen LogP contribution in [0.15, 0.2) is 12.1 Å². The SMILES string of the molecule is NC(c1cc(Cl)c(Cl)cc1O)C1CC2CC1CN2C(=O)C(O)CO.O=C(O)C(F)(F)F. The van der Waals surface area contributed by atoms with Gasteiger partial charge in [-0.25, -0.2) is 4.79 Å². The summed E-state index contributed by atoms with van der Waals surface area (Å²) in [5, 5.41) is 36.3. The summed E-state index contributed by atoms with van der Waals surface area (Å²) < 4.78 is 31.7. The molecule has 174 valence electrons. The van der Waals surface area contributed by atoms with Crippen LogP contribution in [-0.4, -0.2) is 68.7 Å². The molecule has 1 heterocycles. The summed E-state index contributed by atoms with van der Waals surface area (Å²) in [7, 11) is 0. The number of carbonyl (C=O) groups excluding carboxylic acids is 1. The van der Waals surface area contributed by atoms with Crippen molar-refractivity contribution in [2.24, 2.45) is 17.6 Å². The predicted molar refractivity (Wildman–Crippen MR) is 104 cm³/mol. The number of phenolic OH excluding ortho intramolecular Hbond substituents is 1. The number of likely N-dealkylation sites (tertiary alicyclic amines) is 1. The van der Waals surface area contributed by atoms with Crippen molar-refractivity contribution in [3.05, 3.63) is 27.7 Å². The zero-order chi connectivity index (χ0) is 23.7. The molecule has 2 fully saturated rings. The number of fused-ring (bicyclic) bond motifs is 2. The van der Waals surface area contributed by atoms with Gasteiger partial charge in [-0.05, 0) is 30.7 Å². The second kappa shape index (κ2) is 9.78. The molecule has 0 aromatic heterocycles. The number of alkyl halides is 3. The Morgan fingerprint density at radius 2 is 1.77 bits per heavy atom. The largest absolute Gasteiger partial charge is 0.508 e. The molecule has 1 saturated heterocycles. The molecule has 3 rings (SSSR count). The van der Waals surface area contributed by atoms with Crippen molar-refractivity contribution in [2.45, 2.75) is 37.2 Å². The lowest BCUT2D eigenvalue weighted by atomic mass is 9.84. The average Bonchev–Trinajstić information content (AvgIpc) is 3.29. The minimum Gasteiger partial charge on any atom is -0.508 e. The van der Waals surface area contributed by atoms with Gasteiger partial charge >= 0.3 is 12.1 Å². The minimum absolute atomic E-state index is 0.00432. The van der Waals surface area contributed by atoms with Gasteiger partial charge in [0, 0.05) is 30.3 Å². The fourth-order valence-corrected chi connectivity index (χ4v) is 4.35. The van der Waals surface area contributed by atoms with Gasteiger partial charge in [0.15, 0.2) is 6.10 Å². The van der Waals surface area contributed by atoms with Gasteiger partial charge < -0.3 is 31.1 Å². The first-order valence-corrected chi connectivity index (χ1v) is 9.86. The highest BCUT2D eigenvalue weighted by atomic mass is 35.5. The predicted octanol–water partition coefficient (Wildman–Crippen LogP) is 1.92. The second-order valence-corrected chi connectivity index (χ2v) is 8.21. The van der Waals surface area contributed by atoms with Crippen LogP contribution in [0.25, 0.3) is 0 Å². The molecule has 2 bridgehead atoms. The number of piperidine rings is 1. The highest BCUT2D eigenvalue weighted by Crippen LogP contribution is 2.48. The van der Waals surface area contributed by atoms with Gasteiger partial charge in [-0.3, -0.25) is 4.79 Å². The molecule has 13 heteroatoms. The molecule has 1 saturated carbocycles. The second-order valence-electron chi connectivity index (χ2n) is 7.39. The number of carboxylic acids is 1. The first kappa shape index (κ1) is 25.5. The number of rotatable bonds is 4. The molecule has 0 radical (unpaired) electrons. The van der Waals surface area contributed by atoms with Crippen molar-refractivity contribution in [3.8, 4) is 5.75 Å². The molecule has 5 unspecified atom stereocenters. The zero-order valence-corrected chi connectivity index (χ0v) is 17.4. The van der Waals surface area contributed by atoms with Crippen LogP contribution in [-0.2, 0) is 9.59 Å². The Labute approximate surface area is 185 Å². The molecule has 31 heavy (non-hydrogen) atoms. The molecule has 1 amide bonds. The maximum absolute atomic E-state index is 12.1. The minimum atomic E-state index is -5.08. The Hall–Kier alpha value is -1.79. The summed E-state index contributed by atoms with van der Waals surface area (Å²) in [5.41, 5.74) is 6.91. The number of hydrogen-bond donors (Lipinski definition) is 5. The van der Waals surface area contributed by atoms with E-state index in [4.69, 9.17) is 43.9 Å². The van der Waals surface area contributed by atoms with Crippen LogP contribution in [0.2, 0.25) is 10.0 Å². The van der Waals surface area contributed by atoms with Gasteiger partial charge in [-0.2, -0.15) is 13.2 Å². The van der Waals surface area contributed by atoms with E-state index >= 15 is 0 Å². The number of aliphatic carboxylic acids is 1. The van der Waals surface area contributed by atoms with E-state index in [-0.39, 0.29) is 28.6 Å². The fraction of sp³-hybridized carbons (Fsp3) is 0.556. The summed E-state index contributed by atoms with van der Waals surface area (Å²) in [4.78, 5) is 22.6. The zero-order valence-electron chi connectivity index (χ0n) is 15.9. The number of amides is 1. The topological polar surface area (TPSA) is 144 Å². The van der Waals surface area contributed by atoms with E-state index in [9.17, 15) is 28.2 Å². The van der Waals surface area contributed by atoms with Gasteiger partial charge in [0.25, 0.3) is 5.91 Å². The lowest BCUT2D eigenvalue weighted by Crippen LogP contribution is -2.47. The summed E-state index contributed by atoms with van der Waals surface area (Å²) in [6.45, 7) is -0.0756. The summed E-state index contributed by atoms with van der Waals surface area (Å²) in [5.74, 6) is -2.88. The van der Waals surface area contributed by atoms with Crippen molar-refractivity contribution >= 4 is 35.1 Å². The number of phenols is 1. The highest BCUT2D eigenvalue weighted by molar-refractivity contribution is 6.42. The molecular weight excluding hydrogens is 468 g/mol. The number of halogens is 5. The molecule has 0 spiro atoms. The number of aliphatic hydroxyl groups excluding tert-OH is 2. The van der Waals surface area contributed by atoms with Crippen LogP contribution in [0, 0.1) is 11.8 Å². The molecule has 2 aliphatic rings. The first-order valence-electron chi connectivity index (χ1n) is 9.10. The quantitative estimate of drug-likeness (QED) is 0.435. The number of carbonyl (C=O) groups is 2. The van der Waals surface area contributed by atoms with Crippen molar-refractivity contribution in [3.63, 3.8) is 0 Å². The van der Waals surface area contributed by atoms with Gasteiger partial charge in [0.2, 0.25) is 0 Å². The Morgan fingerprint density at radius 3 is 2.23 bits per heavy atom. The van der Waals surface area contributed by atoms with Gasteiger partial charge in [-0.15, -0.1) is 0 Å².